The minimum Gasteiger partial charge on any atom is -0.351 e. The number of benzene rings is 2. The number of nitrogens with one attached hydrogen (secondary N) is 1. The van der Waals surface area contributed by atoms with Gasteiger partial charge in [0.2, 0.25) is 0 Å². The third kappa shape index (κ3) is 2.66. The molecule has 0 aliphatic carbocycles. The molecule has 1 aromatic heterocycles. The molecule has 1 nitrogen and oxygen atoms in total. The quantitative estimate of drug-likeness (QED) is 0.497. The maximum absolute atomic E-state index is 13.1. The molecule has 0 saturated heterocycles. The fourth-order valence-electron chi connectivity index (χ4n) is 2.22. The highest BCUT2D eigenvalue weighted by molar-refractivity contribution is 6.37. The van der Waals surface area contributed by atoms with Gasteiger partial charge >= 0.3 is 6.18 Å². The minimum atomic E-state index is -4.47. The number of H-pyrrole nitrogens is 1. The number of hydrogen-bond donors (Lipinski definition) is 1. The maximum Gasteiger partial charge on any atom is 0.431 e. The van der Waals surface area contributed by atoms with Gasteiger partial charge in [0.25, 0.3) is 0 Å². The van der Waals surface area contributed by atoms with Crippen molar-refractivity contribution in [2.45, 2.75) is 6.18 Å². The minimum absolute atomic E-state index is 0.132. The molecule has 0 radical (unpaired) electrons. The van der Waals surface area contributed by atoms with E-state index >= 15 is 0 Å². The summed E-state index contributed by atoms with van der Waals surface area (Å²) in [5.41, 5.74) is 0.289. The summed E-state index contributed by atoms with van der Waals surface area (Å²) in [5.74, 6) is -0.507. The Morgan fingerprint density at radius 3 is 2.18 bits per heavy atom. The summed E-state index contributed by atoms with van der Waals surface area (Å²) in [4.78, 5) is 2.28. The molecule has 114 valence electrons. The molecule has 0 saturated carbocycles. The van der Waals surface area contributed by atoms with Crippen molar-refractivity contribution in [2.75, 3.05) is 0 Å². The van der Waals surface area contributed by atoms with Gasteiger partial charge in [0.15, 0.2) is 0 Å². The van der Waals surface area contributed by atoms with Crippen LogP contribution in [0.1, 0.15) is 5.69 Å². The number of alkyl halides is 3. The van der Waals surface area contributed by atoms with Gasteiger partial charge in [0.05, 0.1) is 10.0 Å². The van der Waals surface area contributed by atoms with Crippen molar-refractivity contribution < 1.29 is 17.6 Å². The van der Waals surface area contributed by atoms with Crippen LogP contribution in [0.3, 0.4) is 0 Å². The van der Waals surface area contributed by atoms with Gasteiger partial charge in [0, 0.05) is 22.0 Å². The number of hydrogen-bond acceptors (Lipinski definition) is 0. The van der Waals surface area contributed by atoms with E-state index in [-0.39, 0.29) is 15.6 Å². The maximum atomic E-state index is 13.1. The molecule has 2 aromatic carbocycles. The van der Waals surface area contributed by atoms with E-state index in [1.807, 2.05) is 0 Å². The molecule has 0 bridgehead atoms. The Labute approximate surface area is 132 Å². The van der Waals surface area contributed by atoms with Gasteiger partial charge in [-0.15, -0.1) is 0 Å². The fourth-order valence-corrected chi connectivity index (χ4v) is 2.76. The van der Waals surface area contributed by atoms with Crippen molar-refractivity contribution in [3.8, 4) is 11.1 Å². The Bertz CT molecular complexity index is 868. The van der Waals surface area contributed by atoms with Crippen molar-refractivity contribution >= 4 is 34.1 Å². The van der Waals surface area contributed by atoms with E-state index in [9.17, 15) is 17.6 Å². The first kappa shape index (κ1) is 15.2. The van der Waals surface area contributed by atoms with E-state index in [1.165, 1.54) is 24.3 Å². The first-order chi connectivity index (χ1) is 10.3. The zero-order chi connectivity index (χ0) is 16.1. The highest BCUT2D eigenvalue weighted by Gasteiger charge is 2.32. The molecule has 0 unspecified atom stereocenters. The second-order valence-electron chi connectivity index (χ2n) is 4.72. The Hall–Kier alpha value is -1.72. The first-order valence-corrected chi connectivity index (χ1v) is 6.86. The molecule has 0 amide bonds. The summed E-state index contributed by atoms with van der Waals surface area (Å²) in [6.45, 7) is 0. The molecule has 22 heavy (non-hydrogen) atoms. The average molecular weight is 348 g/mol. The molecule has 1 heterocycles. The molecule has 0 aliphatic rings. The normalized spacial score (nSPS) is 12.1. The zero-order valence-electron chi connectivity index (χ0n) is 10.7. The molecular weight excluding hydrogens is 341 g/mol. The van der Waals surface area contributed by atoms with Crippen LogP contribution in [0.4, 0.5) is 17.6 Å². The summed E-state index contributed by atoms with van der Waals surface area (Å²) in [6.07, 6.45) is -4.47. The number of halogens is 6. The van der Waals surface area contributed by atoms with Crippen LogP contribution in [0.25, 0.3) is 22.0 Å². The molecule has 0 spiro atoms. The highest BCUT2D eigenvalue weighted by atomic mass is 35.5. The molecule has 0 aliphatic heterocycles. The smallest absolute Gasteiger partial charge is 0.351 e. The van der Waals surface area contributed by atoms with Gasteiger partial charge in [-0.05, 0) is 36.4 Å². The van der Waals surface area contributed by atoms with Crippen molar-refractivity contribution in [1.82, 2.24) is 4.98 Å². The Kier molecular flexibility index (Phi) is 3.57. The molecular formula is C15H7Cl2F4N. The predicted molar refractivity (Wildman–Crippen MR) is 78.7 cm³/mol. The van der Waals surface area contributed by atoms with Gasteiger partial charge in [-0.3, -0.25) is 0 Å². The van der Waals surface area contributed by atoms with Crippen LogP contribution < -0.4 is 0 Å². The lowest BCUT2D eigenvalue weighted by Gasteiger charge is -2.07. The largest absolute Gasteiger partial charge is 0.431 e. The molecule has 3 rings (SSSR count). The van der Waals surface area contributed by atoms with Crippen molar-refractivity contribution in [2.24, 2.45) is 0 Å². The average Bonchev–Trinajstić information content (AvgIpc) is 2.81. The summed E-state index contributed by atoms with van der Waals surface area (Å²) in [5, 5.41) is 0.691. The summed E-state index contributed by atoms with van der Waals surface area (Å²) < 4.78 is 51.3. The van der Waals surface area contributed by atoms with E-state index in [4.69, 9.17) is 23.2 Å². The topological polar surface area (TPSA) is 15.8 Å². The van der Waals surface area contributed by atoms with Gasteiger partial charge in [-0.25, -0.2) is 4.39 Å². The lowest BCUT2D eigenvalue weighted by atomic mass is 10.0. The SMILES string of the molecule is Fc1ccc(-c2cc3cc(C(F)(F)F)[nH]c3cc2Cl)c(Cl)c1. The van der Waals surface area contributed by atoms with Gasteiger partial charge in [-0.1, -0.05) is 23.2 Å². The fraction of sp³-hybridized carbons (Fsp3) is 0.0667. The first-order valence-electron chi connectivity index (χ1n) is 6.10. The zero-order valence-corrected chi connectivity index (χ0v) is 12.2. The second-order valence-corrected chi connectivity index (χ2v) is 5.54. The molecule has 0 atom stereocenters. The van der Waals surface area contributed by atoms with Gasteiger partial charge < -0.3 is 4.98 Å². The van der Waals surface area contributed by atoms with Crippen LogP contribution in [0.15, 0.2) is 36.4 Å². The predicted octanol–water partition coefficient (Wildman–Crippen LogP) is 6.30. The van der Waals surface area contributed by atoms with E-state index in [2.05, 4.69) is 4.98 Å². The van der Waals surface area contributed by atoms with Crippen LogP contribution in [0.2, 0.25) is 10.0 Å². The van der Waals surface area contributed by atoms with Gasteiger partial charge in [0.1, 0.15) is 11.5 Å². The highest BCUT2D eigenvalue weighted by Crippen LogP contribution is 2.38. The monoisotopic (exact) mass is 347 g/mol. The number of rotatable bonds is 1. The van der Waals surface area contributed by atoms with E-state index < -0.39 is 17.7 Å². The number of aromatic nitrogens is 1. The second kappa shape index (κ2) is 5.18. The summed E-state index contributed by atoms with van der Waals surface area (Å²) in [6, 6.07) is 7.63. The van der Waals surface area contributed by atoms with Crippen molar-refractivity contribution in [3.63, 3.8) is 0 Å². The third-order valence-electron chi connectivity index (χ3n) is 3.24. The molecule has 3 aromatic rings. The Morgan fingerprint density at radius 1 is 0.864 bits per heavy atom. The van der Waals surface area contributed by atoms with Gasteiger partial charge in [-0.2, -0.15) is 13.2 Å². The summed E-state index contributed by atoms with van der Waals surface area (Å²) in [7, 11) is 0. The molecule has 7 heteroatoms. The Balaban J connectivity index is 2.20. The van der Waals surface area contributed by atoms with Crippen LogP contribution in [0, 0.1) is 5.82 Å². The van der Waals surface area contributed by atoms with Crippen LogP contribution in [-0.4, -0.2) is 4.98 Å². The number of aromatic amines is 1. The van der Waals surface area contributed by atoms with E-state index in [1.54, 1.807) is 0 Å². The lowest BCUT2D eigenvalue weighted by Crippen LogP contribution is -2.04. The molecule has 0 fully saturated rings. The van der Waals surface area contributed by atoms with Crippen LogP contribution >= 0.6 is 23.2 Å². The van der Waals surface area contributed by atoms with Crippen LogP contribution in [0.5, 0.6) is 0 Å². The number of fused-ring (bicyclic) bond motifs is 1. The van der Waals surface area contributed by atoms with Crippen LogP contribution in [-0.2, 0) is 6.18 Å². The lowest BCUT2D eigenvalue weighted by molar-refractivity contribution is -0.140. The van der Waals surface area contributed by atoms with E-state index in [0.29, 0.717) is 16.5 Å². The molecule has 1 N–H and O–H groups in total. The standard InChI is InChI=1S/C15H7Cl2F4N/c16-11-5-8(18)1-2-9(11)10-3-7-4-14(15(19,20)21)22-13(7)6-12(10)17/h1-6,22H. The summed E-state index contributed by atoms with van der Waals surface area (Å²) >= 11 is 12.1. The van der Waals surface area contributed by atoms with Crippen molar-refractivity contribution in [1.29, 1.82) is 0 Å². The van der Waals surface area contributed by atoms with E-state index in [0.717, 1.165) is 12.1 Å². The van der Waals surface area contributed by atoms with Crippen molar-refractivity contribution in [3.05, 3.63) is 58.0 Å². The Morgan fingerprint density at radius 2 is 1.55 bits per heavy atom. The third-order valence-corrected chi connectivity index (χ3v) is 3.86.